The van der Waals surface area contributed by atoms with Gasteiger partial charge >= 0.3 is 0 Å². The lowest BCUT2D eigenvalue weighted by molar-refractivity contribution is 0.717. The molecule has 0 aliphatic heterocycles. The molecule has 0 saturated carbocycles. The molecule has 112 valence electrons. The molecule has 0 fully saturated rings. The Morgan fingerprint density at radius 3 is 2.62 bits per heavy atom. The number of unbranched alkanes of at least 4 members (excludes halogenated alkanes) is 1. The van der Waals surface area contributed by atoms with E-state index < -0.39 is 0 Å². The predicted molar refractivity (Wildman–Crippen MR) is 91.7 cm³/mol. The summed E-state index contributed by atoms with van der Waals surface area (Å²) in [5.74, 6) is 0.676. The highest BCUT2D eigenvalue weighted by molar-refractivity contribution is 6.36. The summed E-state index contributed by atoms with van der Waals surface area (Å²) >= 11 is 18.1. The van der Waals surface area contributed by atoms with Gasteiger partial charge in [0.15, 0.2) is 0 Å². The Morgan fingerprint density at radius 2 is 1.95 bits per heavy atom. The average molecular weight is 344 g/mol. The topological polar surface area (TPSA) is 16.1 Å². The van der Waals surface area contributed by atoms with Gasteiger partial charge in [-0.15, -0.1) is 11.6 Å². The van der Waals surface area contributed by atoms with Crippen LogP contribution in [0.3, 0.4) is 0 Å². The number of benzene rings is 1. The smallest absolute Gasteiger partial charge is 0.0654 e. The fraction of sp³-hybridized carbons (Fsp3) is 0.312. The van der Waals surface area contributed by atoms with Gasteiger partial charge in [0.25, 0.3) is 0 Å². The van der Waals surface area contributed by atoms with Crippen LogP contribution in [0, 0.1) is 0 Å². The Hall–Kier alpha value is -0.960. The molecular formula is C16H17Cl3N2. The summed E-state index contributed by atoms with van der Waals surface area (Å²) in [7, 11) is 0. The van der Waals surface area contributed by atoms with E-state index >= 15 is 0 Å². The maximum Gasteiger partial charge on any atom is 0.0654 e. The average Bonchev–Trinajstić information content (AvgIpc) is 2.48. The second-order valence-corrected chi connectivity index (χ2v) is 6.00. The summed E-state index contributed by atoms with van der Waals surface area (Å²) in [6, 6.07) is 9.60. The summed E-state index contributed by atoms with van der Waals surface area (Å²) in [4.78, 5) is 6.40. The van der Waals surface area contributed by atoms with Crippen LogP contribution in [0.4, 0.5) is 5.69 Å². The first-order valence-electron chi connectivity index (χ1n) is 6.85. The molecule has 2 rings (SSSR count). The molecule has 0 unspecified atom stereocenters. The molecule has 0 radical (unpaired) electrons. The van der Waals surface area contributed by atoms with E-state index in [1.807, 2.05) is 24.4 Å². The largest absolute Gasteiger partial charge is 0.366 e. The van der Waals surface area contributed by atoms with Gasteiger partial charge in [-0.1, -0.05) is 29.3 Å². The lowest BCUT2D eigenvalue weighted by atomic mass is 10.2. The van der Waals surface area contributed by atoms with E-state index in [1.54, 1.807) is 12.3 Å². The molecule has 0 aliphatic rings. The van der Waals surface area contributed by atoms with E-state index in [9.17, 15) is 0 Å². The molecule has 5 heteroatoms. The highest BCUT2D eigenvalue weighted by atomic mass is 35.5. The summed E-state index contributed by atoms with van der Waals surface area (Å²) < 4.78 is 0. The van der Waals surface area contributed by atoms with Crippen LogP contribution in [0.1, 0.15) is 18.4 Å². The number of hydrogen-bond acceptors (Lipinski definition) is 2. The van der Waals surface area contributed by atoms with Crippen molar-refractivity contribution in [3.8, 4) is 0 Å². The zero-order chi connectivity index (χ0) is 15.1. The van der Waals surface area contributed by atoms with Crippen molar-refractivity contribution in [1.29, 1.82) is 0 Å². The summed E-state index contributed by atoms with van der Waals surface area (Å²) in [5, 5.41) is 1.31. The second kappa shape index (κ2) is 8.47. The number of pyridine rings is 1. The number of hydrogen-bond donors (Lipinski definition) is 0. The van der Waals surface area contributed by atoms with Crippen LogP contribution in [0.2, 0.25) is 10.0 Å². The van der Waals surface area contributed by atoms with Crippen LogP contribution >= 0.6 is 34.8 Å². The number of halogens is 3. The summed E-state index contributed by atoms with van der Waals surface area (Å²) in [6.45, 7) is 1.65. The van der Waals surface area contributed by atoms with Gasteiger partial charge in [-0.25, -0.2) is 0 Å². The fourth-order valence-electron chi connectivity index (χ4n) is 2.13. The van der Waals surface area contributed by atoms with Crippen molar-refractivity contribution in [2.24, 2.45) is 0 Å². The van der Waals surface area contributed by atoms with Crippen LogP contribution in [-0.2, 0) is 6.54 Å². The highest BCUT2D eigenvalue weighted by Gasteiger charge is 2.11. The highest BCUT2D eigenvalue weighted by Crippen LogP contribution is 2.30. The monoisotopic (exact) mass is 342 g/mol. The maximum absolute atomic E-state index is 6.34. The number of aromatic nitrogens is 1. The minimum absolute atomic E-state index is 0.644. The molecule has 1 heterocycles. The quantitative estimate of drug-likeness (QED) is 0.493. The first-order valence-corrected chi connectivity index (χ1v) is 8.14. The van der Waals surface area contributed by atoms with Gasteiger partial charge in [-0.05, 0) is 42.7 Å². The Labute approximate surface area is 140 Å². The van der Waals surface area contributed by atoms with Crippen molar-refractivity contribution >= 4 is 40.5 Å². The van der Waals surface area contributed by atoms with E-state index in [4.69, 9.17) is 34.8 Å². The van der Waals surface area contributed by atoms with Gasteiger partial charge in [-0.2, -0.15) is 0 Å². The normalized spacial score (nSPS) is 10.6. The van der Waals surface area contributed by atoms with Crippen molar-refractivity contribution in [3.63, 3.8) is 0 Å². The molecule has 0 spiro atoms. The lowest BCUT2D eigenvalue weighted by Crippen LogP contribution is -2.24. The first kappa shape index (κ1) is 16.4. The van der Waals surface area contributed by atoms with E-state index in [1.165, 1.54) is 0 Å². The van der Waals surface area contributed by atoms with Crippen molar-refractivity contribution in [2.45, 2.75) is 19.4 Å². The number of alkyl halides is 1. The molecule has 0 aliphatic carbocycles. The molecule has 0 N–H and O–H groups in total. The Morgan fingerprint density at radius 1 is 1.10 bits per heavy atom. The Kier molecular flexibility index (Phi) is 6.62. The molecule has 1 aromatic carbocycles. The van der Waals surface area contributed by atoms with Crippen LogP contribution in [0.15, 0.2) is 42.7 Å². The van der Waals surface area contributed by atoms with Gasteiger partial charge < -0.3 is 4.90 Å². The first-order chi connectivity index (χ1) is 10.2. The fourth-order valence-corrected chi connectivity index (χ4v) is 2.85. The standard InChI is InChI=1S/C16H17Cl3N2/c17-7-1-2-9-21(12-13-4-3-8-20-11-13)16-6-5-14(18)10-15(16)19/h3-6,8,10-11H,1-2,7,9,12H2. The van der Waals surface area contributed by atoms with Gasteiger partial charge in [0.05, 0.1) is 10.7 Å². The molecular weight excluding hydrogens is 327 g/mol. The zero-order valence-corrected chi connectivity index (χ0v) is 13.9. The lowest BCUT2D eigenvalue weighted by Gasteiger charge is -2.26. The van der Waals surface area contributed by atoms with Crippen molar-refractivity contribution in [2.75, 3.05) is 17.3 Å². The van der Waals surface area contributed by atoms with Gasteiger partial charge in [-0.3, -0.25) is 4.98 Å². The Balaban J connectivity index is 2.18. The third kappa shape index (κ3) is 5.06. The minimum Gasteiger partial charge on any atom is -0.366 e. The van der Waals surface area contributed by atoms with Crippen LogP contribution in [0.5, 0.6) is 0 Å². The number of anilines is 1. The van der Waals surface area contributed by atoms with Crippen molar-refractivity contribution in [3.05, 3.63) is 58.3 Å². The van der Waals surface area contributed by atoms with Crippen LogP contribution in [0.25, 0.3) is 0 Å². The zero-order valence-electron chi connectivity index (χ0n) is 11.6. The predicted octanol–water partition coefficient (Wildman–Crippen LogP) is 5.41. The van der Waals surface area contributed by atoms with Gasteiger partial charge in [0, 0.05) is 36.4 Å². The molecule has 2 aromatic rings. The SMILES string of the molecule is ClCCCCN(Cc1cccnc1)c1ccc(Cl)cc1Cl. The molecule has 0 atom stereocenters. The van der Waals surface area contributed by atoms with Gasteiger partial charge in [0.2, 0.25) is 0 Å². The third-order valence-electron chi connectivity index (χ3n) is 3.16. The molecule has 21 heavy (non-hydrogen) atoms. The molecule has 2 nitrogen and oxygen atoms in total. The molecule has 1 aromatic heterocycles. The molecule has 0 amide bonds. The summed E-state index contributed by atoms with van der Waals surface area (Å²) in [5.41, 5.74) is 2.13. The molecule has 0 saturated heterocycles. The molecule has 0 bridgehead atoms. The Bertz CT molecular complexity index is 561. The van der Waals surface area contributed by atoms with Crippen molar-refractivity contribution < 1.29 is 0 Å². The van der Waals surface area contributed by atoms with Gasteiger partial charge in [0.1, 0.15) is 0 Å². The maximum atomic E-state index is 6.34. The number of nitrogens with zero attached hydrogens (tertiary/aromatic N) is 2. The van der Waals surface area contributed by atoms with Crippen molar-refractivity contribution in [1.82, 2.24) is 4.98 Å². The third-order valence-corrected chi connectivity index (χ3v) is 3.96. The minimum atomic E-state index is 0.644. The van der Waals surface area contributed by atoms with E-state index in [0.29, 0.717) is 15.9 Å². The number of rotatable bonds is 7. The van der Waals surface area contributed by atoms with E-state index in [-0.39, 0.29) is 0 Å². The summed E-state index contributed by atoms with van der Waals surface area (Å²) in [6.07, 6.45) is 5.65. The van der Waals surface area contributed by atoms with Crippen LogP contribution < -0.4 is 4.90 Å². The van der Waals surface area contributed by atoms with E-state index in [2.05, 4.69) is 16.0 Å². The van der Waals surface area contributed by atoms with E-state index in [0.717, 1.165) is 37.2 Å². The van der Waals surface area contributed by atoms with Crippen LogP contribution in [-0.4, -0.2) is 17.4 Å². The second-order valence-electron chi connectivity index (χ2n) is 4.77.